The van der Waals surface area contributed by atoms with Gasteiger partial charge in [-0.1, -0.05) is 97.2 Å². The molecular weight excluding hydrogens is 750 g/mol. The third kappa shape index (κ3) is 9.28. The van der Waals surface area contributed by atoms with Crippen molar-refractivity contribution in [1.82, 2.24) is 10.2 Å². The molecule has 1 aliphatic rings. The lowest BCUT2D eigenvalue weighted by Crippen LogP contribution is -2.42. The molecule has 3 aromatic rings. The van der Waals surface area contributed by atoms with Crippen LogP contribution in [0.2, 0.25) is 0 Å². The maximum atomic E-state index is 13.9. The number of amides is 3. The van der Waals surface area contributed by atoms with Crippen LogP contribution >= 0.6 is 43.6 Å². The standard InChI is InChI=1S/C35H29Br2N3O6S/c1-3-5-16-25(4-2)40-34(45)26(17-22-18-27(36)32(28(37)19-22)46-20-30(42)43)33(44)39-35(40)47-21-29(41)38-31(23-12-8-6-9-13-23)24-14-10-7-11-15-24/h3-19,31H,1,20-21H2,2H3,(H,38,41)(H,42,43)/b16-5-,25-4+,26-17+. The fourth-order valence-electron chi connectivity index (χ4n) is 4.49. The van der Waals surface area contributed by atoms with E-state index in [-0.39, 0.29) is 28.2 Å². The third-order valence-electron chi connectivity index (χ3n) is 6.58. The number of rotatable bonds is 12. The number of allylic oxidation sites excluding steroid dienone is 4. The van der Waals surface area contributed by atoms with Gasteiger partial charge in [0, 0.05) is 5.70 Å². The molecule has 0 aromatic heterocycles. The third-order valence-corrected chi connectivity index (χ3v) is 8.70. The van der Waals surface area contributed by atoms with E-state index in [1.807, 2.05) is 60.7 Å². The van der Waals surface area contributed by atoms with Crippen LogP contribution < -0.4 is 10.1 Å². The second kappa shape index (κ2) is 16.9. The number of nitrogens with zero attached hydrogens (tertiary/aromatic N) is 2. The number of benzene rings is 3. The molecule has 2 N–H and O–H groups in total. The topological polar surface area (TPSA) is 125 Å². The first-order valence-electron chi connectivity index (χ1n) is 14.1. The normalized spacial score (nSPS) is 14.5. The molecule has 3 amide bonds. The number of carboxylic acid groups (broad SMARTS) is 1. The van der Waals surface area contributed by atoms with E-state index in [1.165, 1.54) is 11.0 Å². The fraction of sp³-hybridized carbons (Fsp3) is 0.114. The van der Waals surface area contributed by atoms with Gasteiger partial charge in [-0.15, -0.1) is 0 Å². The van der Waals surface area contributed by atoms with E-state index in [1.54, 1.807) is 43.4 Å². The van der Waals surface area contributed by atoms with Gasteiger partial charge in [-0.3, -0.25) is 19.3 Å². The first kappa shape index (κ1) is 35.3. The van der Waals surface area contributed by atoms with Crippen LogP contribution in [0.3, 0.4) is 0 Å². The maximum absolute atomic E-state index is 13.9. The van der Waals surface area contributed by atoms with Gasteiger partial charge in [0.1, 0.15) is 11.3 Å². The van der Waals surface area contributed by atoms with E-state index >= 15 is 0 Å². The Labute approximate surface area is 293 Å². The van der Waals surface area contributed by atoms with Crippen molar-refractivity contribution in [3.05, 3.63) is 141 Å². The molecule has 0 radical (unpaired) electrons. The van der Waals surface area contributed by atoms with Crippen molar-refractivity contribution in [3.63, 3.8) is 0 Å². The van der Waals surface area contributed by atoms with Crippen LogP contribution in [0.4, 0.5) is 0 Å². The number of carbonyl (C=O) groups excluding carboxylic acids is 3. The lowest BCUT2D eigenvalue weighted by molar-refractivity contribution is -0.139. The van der Waals surface area contributed by atoms with Crippen molar-refractivity contribution in [1.29, 1.82) is 0 Å². The highest BCUT2D eigenvalue weighted by atomic mass is 79.9. The summed E-state index contributed by atoms with van der Waals surface area (Å²) in [5.41, 5.74) is 2.46. The molecule has 9 nitrogen and oxygen atoms in total. The van der Waals surface area contributed by atoms with Crippen LogP contribution in [0.25, 0.3) is 6.08 Å². The van der Waals surface area contributed by atoms with Gasteiger partial charge >= 0.3 is 5.97 Å². The number of nitrogens with one attached hydrogen (secondary N) is 1. The Balaban J connectivity index is 1.63. The van der Waals surface area contributed by atoms with Gasteiger partial charge in [0.25, 0.3) is 11.8 Å². The van der Waals surface area contributed by atoms with E-state index < -0.39 is 30.4 Å². The van der Waals surface area contributed by atoms with E-state index in [4.69, 9.17) is 9.84 Å². The largest absolute Gasteiger partial charge is 0.480 e. The van der Waals surface area contributed by atoms with Crippen LogP contribution in [0, 0.1) is 0 Å². The van der Waals surface area contributed by atoms with Crippen LogP contribution in [-0.2, 0) is 19.2 Å². The van der Waals surface area contributed by atoms with Crippen molar-refractivity contribution in [2.24, 2.45) is 4.99 Å². The van der Waals surface area contributed by atoms with Crippen LogP contribution in [-0.4, -0.2) is 51.2 Å². The number of carboxylic acids is 1. The average Bonchev–Trinajstić information content (AvgIpc) is 3.06. The summed E-state index contributed by atoms with van der Waals surface area (Å²) >= 11 is 7.68. The summed E-state index contributed by atoms with van der Waals surface area (Å²) in [4.78, 5) is 57.1. The zero-order chi connectivity index (χ0) is 33.9. The number of aliphatic imine (C=N–C) groups is 1. The summed E-state index contributed by atoms with van der Waals surface area (Å²) in [6.07, 6.45) is 7.92. The highest BCUT2D eigenvalue weighted by Crippen LogP contribution is 2.36. The summed E-state index contributed by atoms with van der Waals surface area (Å²) < 4.78 is 6.13. The Kier molecular flexibility index (Phi) is 12.7. The van der Waals surface area contributed by atoms with Crippen LogP contribution in [0.15, 0.2) is 129 Å². The molecule has 0 bridgehead atoms. The Morgan fingerprint density at radius 3 is 2.17 bits per heavy atom. The lowest BCUT2D eigenvalue weighted by Gasteiger charge is -2.28. The molecule has 0 unspecified atom stereocenters. The molecule has 0 saturated carbocycles. The molecule has 0 aliphatic carbocycles. The molecule has 12 heteroatoms. The molecule has 4 rings (SSSR count). The second-order valence-corrected chi connectivity index (χ2v) is 12.5. The number of hydrogen-bond acceptors (Lipinski definition) is 6. The van der Waals surface area contributed by atoms with Gasteiger partial charge in [-0.05, 0) is 79.8 Å². The molecule has 0 spiro atoms. The van der Waals surface area contributed by atoms with Gasteiger partial charge in [-0.25, -0.2) is 4.79 Å². The summed E-state index contributed by atoms with van der Waals surface area (Å²) in [5.74, 6) is -2.75. The quantitative estimate of drug-likeness (QED) is 0.115. The minimum absolute atomic E-state index is 0.0462. The zero-order valence-electron chi connectivity index (χ0n) is 25.1. The molecular formula is C35H29Br2N3O6S. The monoisotopic (exact) mass is 777 g/mol. The molecule has 0 fully saturated rings. The highest BCUT2D eigenvalue weighted by molar-refractivity contribution is 9.11. The number of carbonyl (C=O) groups is 4. The van der Waals surface area contributed by atoms with Crippen molar-refractivity contribution in [3.8, 4) is 5.75 Å². The molecule has 1 heterocycles. The van der Waals surface area contributed by atoms with Gasteiger partial charge in [0.2, 0.25) is 5.91 Å². The maximum Gasteiger partial charge on any atom is 0.341 e. The van der Waals surface area contributed by atoms with Gasteiger partial charge in [0.05, 0.1) is 20.7 Å². The molecule has 3 aromatic carbocycles. The minimum atomic E-state index is -1.14. The Hall–Kier alpha value is -4.52. The van der Waals surface area contributed by atoms with E-state index in [9.17, 15) is 19.2 Å². The molecule has 240 valence electrons. The van der Waals surface area contributed by atoms with Crippen molar-refractivity contribution in [2.75, 3.05) is 12.4 Å². The zero-order valence-corrected chi connectivity index (χ0v) is 29.0. The Bertz CT molecular complexity index is 1740. The first-order chi connectivity index (χ1) is 22.6. The predicted octanol–water partition coefficient (Wildman–Crippen LogP) is 7.07. The summed E-state index contributed by atoms with van der Waals surface area (Å²) in [6, 6.07) is 21.9. The number of hydrogen-bond donors (Lipinski definition) is 2. The second-order valence-electron chi connectivity index (χ2n) is 9.81. The van der Waals surface area contributed by atoms with Crippen molar-refractivity contribution >= 4 is 78.6 Å². The summed E-state index contributed by atoms with van der Waals surface area (Å²) in [7, 11) is 0. The number of amidine groups is 1. The van der Waals surface area contributed by atoms with Crippen molar-refractivity contribution < 1.29 is 29.0 Å². The van der Waals surface area contributed by atoms with Gasteiger partial charge in [0.15, 0.2) is 11.8 Å². The van der Waals surface area contributed by atoms with Crippen molar-refractivity contribution in [2.45, 2.75) is 13.0 Å². The lowest BCUT2D eigenvalue weighted by atomic mass is 9.99. The van der Waals surface area contributed by atoms with Gasteiger partial charge < -0.3 is 15.2 Å². The van der Waals surface area contributed by atoms with Gasteiger partial charge in [-0.2, -0.15) is 4.99 Å². The first-order valence-corrected chi connectivity index (χ1v) is 16.7. The van der Waals surface area contributed by atoms with Crippen LogP contribution in [0.1, 0.15) is 29.7 Å². The molecule has 0 atom stereocenters. The van der Waals surface area contributed by atoms with Crippen LogP contribution in [0.5, 0.6) is 5.75 Å². The fourth-order valence-corrected chi connectivity index (χ4v) is 6.75. The minimum Gasteiger partial charge on any atom is -0.480 e. The molecule has 47 heavy (non-hydrogen) atoms. The Morgan fingerprint density at radius 2 is 1.64 bits per heavy atom. The molecule has 0 saturated heterocycles. The SMILES string of the molecule is C=C/C=C\C(=C/C)N1C(=O)/C(=C/c2cc(Br)c(OCC(=O)O)c(Br)c2)C(=O)N=C1SCC(=O)NC(c1ccccc1)c1ccccc1. The van der Waals surface area contributed by atoms with E-state index in [2.05, 4.69) is 48.7 Å². The average molecular weight is 780 g/mol. The Morgan fingerprint density at radius 1 is 1.04 bits per heavy atom. The highest BCUT2D eigenvalue weighted by Gasteiger charge is 2.35. The summed E-state index contributed by atoms with van der Waals surface area (Å²) in [5, 5.41) is 12.1. The summed E-state index contributed by atoms with van der Waals surface area (Å²) in [6.45, 7) is 4.87. The predicted molar refractivity (Wildman–Crippen MR) is 191 cm³/mol. The number of thioether (sulfide) groups is 1. The molecule has 1 aliphatic heterocycles. The van der Waals surface area contributed by atoms with E-state index in [0.29, 0.717) is 20.2 Å². The number of aliphatic carboxylic acids is 1. The number of ether oxygens (including phenoxy) is 1. The van der Waals surface area contributed by atoms with E-state index in [0.717, 1.165) is 22.9 Å². The smallest absolute Gasteiger partial charge is 0.341 e. The number of halogens is 2.